The average Bonchev–Trinajstić information content (AvgIpc) is 3.18. The molecule has 2 fully saturated rings. The molecule has 2 aliphatic rings. The van der Waals surface area contributed by atoms with Crippen LogP contribution in [0, 0.1) is 0 Å². The quantitative estimate of drug-likeness (QED) is 0.589. The Balaban J connectivity index is 1.58. The third-order valence-corrected chi connectivity index (χ3v) is 5.17. The highest BCUT2D eigenvalue weighted by atomic mass is 79.9. The molecule has 0 saturated carbocycles. The Bertz CT molecular complexity index is 535. The van der Waals surface area contributed by atoms with E-state index >= 15 is 0 Å². The fourth-order valence-electron chi connectivity index (χ4n) is 3.39. The molecule has 0 radical (unpaired) electrons. The largest absolute Gasteiger partial charge is 0.373 e. The molecule has 2 aliphatic heterocycles. The first-order valence-electron chi connectivity index (χ1n) is 8.18. The van der Waals surface area contributed by atoms with Crippen LogP contribution in [0.1, 0.15) is 36.0 Å². The van der Waals surface area contributed by atoms with Gasteiger partial charge in [-0.2, -0.15) is 0 Å². The summed E-state index contributed by atoms with van der Waals surface area (Å²) >= 11 is 3.39. The van der Waals surface area contributed by atoms with E-state index in [1.165, 1.54) is 38.8 Å². The maximum absolute atomic E-state index is 12.2. The molecule has 118 valence electrons. The average molecular weight is 363 g/mol. The summed E-state index contributed by atoms with van der Waals surface area (Å²) in [6.45, 7) is 4.71. The van der Waals surface area contributed by atoms with Crippen LogP contribution in [0.3, 0.4) is 0 Å². The van der Waals surface area contributed by atoms with Crippen LogP contribution in [0.25, 0.3) is 0 Å². The number of allylic oxidation sites excluding steroid dienone is 1. The molecule has 0 N–H and O–H groups in total. The van der Waals surface area contributed by atoms with E-state index in [0.29, 0.717) is 6.04 Å². The maximum atomic E-state index is 12.2. The van der Waals surface area contributed by atoms with E-state index in [-0.39, 0.29) is 5.78 Å². The predicted molar refractivity (Wildman–Crippen MR) is 93.0 cm³/mol. The van der Waals surface area contributed by atoms with Crippen LogP contribution in [0.5, 0.6) is 0 Å². The molecule has 0 spiro atoms. The zero-order valence-corrected chi connectivity index (χ0v) is 14.5. The van der Waals surface area contributed by atoms with Gasteiger partial charge in [-0.3, -0.25) is 4.79 Å². The number of carbonyl (C=O) groups is 1. The Hall–Kier alpha value is -1.13. The lowest BCUT2D eigenvalue weighted by atomic mass is 10.1. The summed E-state index contributed by atoms with van der Waals surface area (Å²) in [4.78, 5) is 17.1. The van der Waals surface area contributed by atoms with Crippen molar-refractivity contribution in [3.05, 3.63) is 46.6 Å². The topological polar surface area (TPSA) is 23.6 Å². The molecule has 1 aromatic carbocycles. The second-order valence-corrected chi connectivity index (χ2v) is 7.14. The number of nitrogens with zero attached hydrogens (tertiary/aromatic N) is 2. The molecule has 0 bridgehead atoms. The van der Waals surface area contributed by atoms with E-state index in [9.17, 15) is 4.79 Å². The van der Waals surface area contributed by atoms with Gasteiger partial charge in [0.1, 0.15) is 0 Å². The van der Waals surface area contributed by atoms with Crippen molar-refractivity contribution < 1.29 is 4.79 Å². The lowest BCUT2D eigenvalue weighted by Gasteiger charge is -2.27. The summed E-state index contributed by atoms with van der Waals surface area (Å²) < 4.78 is 0.998. The summed E-state index contributed by atoms with van der Waals surface area (Å²) in [7, 11) is 0. The Kier molecular flexibility index (Phi) is 5.32. The number of hydrogen-bond donors (Lipinski definition) is 0. The van der Waals surface area contributed by atoms with Crippen LogP contribution >= 0.6 is 15.9 Å². The van der Waals surface area contributed by atoms with Gasteiger partial charge in [-0.25, -0.2) is 0 Å². The second-order valence-electron chi connectivity index (χ2n) is 6.23. The van der Waals surface area contributed by atoms with Gasteiger partial charge >= 0.3 is 0 Å². The van der Waals surface area contributed by atoms with Crippen LogP contribution in [-0.4, -0.2) is 47.8 Å². The van der Waals surface area contributed by atoms with Crippen LogP contribution in [-0.2, 0) is 0 Å². The highest BCUT2D eigenvalue weighted by molar-refractivity contribution is 9.10. The van der Waals surface area contributed by atoms with Crippen molar-refractivity contribution in [1.82, 2.24) is 9.80 Å². The summed E-state index contributed by atoms with van der Waals surface area (Å²) in [5.74, 6) is 0.0827. The van der Waals surface area contributed by atoms with E-state index in [2.05, 4.69) is 25.7 Å². The van der Waals surface area contributed by atoms with Gasteiger partial charge in [-0.05, 0) is 63.0 Å². The van der Waals surface area contributed by atoms with Crippen molar-refractivity contribution in [3.63, 3.8) is 0 Å². The highest BCUT2D eigenvalue weighted by Gasteiger charge is 2.25. The molecule has 4 heteroatoms. The molecule has 0 aromatic heterocycles. The van der Waals surface area contributed by atoms with E-state index in [4.69, 9.17) is 0 Å². The standard InChI is InChI=1S/C18H23BrN2O/c19-16-7-5-15(6-8-16)18(22)9-13-21-12-3-4-17(21)14-20-10-1-2-11-20/h5-9,13,17H,1-4,10-12,14H2/b13-9+/t17-/m1/s1. The zero-order chi connectivity index (χ0) is 15.4. The molecule has 3 nitrogen and oxygen atoms in total. The maximum Gasteiger partial charge on any atom is 0.187 e. The Morgan fingerprint density at radius 3 is 2.59 bits per heavy atom. The van der Waals surface area contributed by atoms with E-state index < -0.39 is 0 Å². The molecule has 22 heavy (non-hydrogen) atoms. The minimum atomic E-state index is 0.0827. The third-order valence-electron chi connectivity index (χ3n) is 4.64. The SMILES string of the molecule is O=C(/C=C/N1CCC[C@@H]1CN1CCCC1)c1ccc(Br)cc1. The van der Waals surface area contributed by atoms with Gasteiger partial charge in [0.15, 0.2) is 5.78 Å². The van der Waals surface area contributed by atoms with Crippen molar-refractivity contribution in [2.45, 2.75) is 31.7 Å². The van der Waals surface area contributed by atoms with Crippen molar-refractivity contribution in [2.75, 3.05) is 26.2 Å². The van der Waals surface area contributed by atoms with Gasteiger partial charge in [0.05, 0.1) is 0 Å². The molecule has 2 saturated heterocycles. The van der Waals surface area contributed by atoms with Gasteiger partial charge in [0.25, 0.3) is 0 Å². The van der Waals surface area contributed by atoms with E-state index in [1.807, 2.05) is 30.5 Å². The summed E-state index contributed by atoms with van der Waals surface area (Å²) in [5, 5.41) is 0. The summed E-state index contributed by atoms with van der Waals surface area (Å²) in [5.41, 5.74) is 0.745. The number of benzene rings is 1. The number of rotatable bonds is 5. The van der Waals surface area contributed by atoms with Crippen molar-refractivity contribution in [2.24, 2.45) is 0 Å². The fourth-order valence-corrected chi connectivity index (χ4v) is 3.65. The van der Waals surface area contributed by atoms with Gasteiger partial charge in [0, 0.05) is 41.4 Å². The van der Waals surface area contributed by atoms with Crippen molar-refractivity contribution in [1.29, 1.82) is 0 Å². The van der Waals surface area contributed by atoms with Crippen LogP contribution in [0.15, 0.2) is 41.0 Å². The van der Waals surface area contributed by atoms with Gasteiger partial charge < -0.3 is 9.80 Å². The lowest BCUT2D eigenvalue weighted by molar-refractivity contribution is 0.104. The monoisotopic (exact) mass is 362 g/mol. The van der Waals surface area contributed by atoms with E-state index in [0.717, 1.165) is 23.1 Å². The van der Waals surface area contributed by atoms with Crippen molar-refractivity contribution >= 4 is 21.7 Å². The molecular formula is C18H23BrN2O. The first-order valence-corrected chi connectivity index (χ1v) is 8.98. The number of ketones is 1. The molecule has 0 aliphatic carbocycles. The number of halogens is 1. The summed E-state index contributed by atoms with van der Waals surface area (Å²) in [6, 6.07) is 8.12. The predicted octanol–water partition coefficient (Wildman–Crippen LogP) is 3.71. The van der Waals surface area contributed by atoms with Crippen LogP contribution < -0.4 is 0 Å². The lowest BCUT2D eigenvalue weighted by Crippen LogP contribution is -2.36. The molecule has 1 aromatic rings. The first kappa shape index (κ1) is 15.8. The van der Waals surface area contributed by atoms with Gasteiger partial charge in [-0.1, -0.05) is 15.9 Å². The molecule has 3 rings (SSSR count). The third kappa shape index (κ3) is 3.99. The summed E-state index contributed by atoms with van der Waals surface area (Å²) in [6.07, 6.45) is 8.89. The zero-order valence-electron chi connectivity index (χ0n) is 12.9. The minimum absolute atomic E-state index is 0.0827. The Labute approximate surface area is 141 Å². The fraction of sp³-hybridized carbons (Fsp3) is 0.500. The normalized spacial score (nSPS) is 22.8. The van der Waals surface area contributed by atoms with Gasteiger partial charge in [0.2, 0.25) is 0 Å². The van der Waals surface area contributed by atoms with E-state index in [1.54, 1.807) is 6.08 Å². The smallest absolute Gasteiger partial charge is 0.187 e. The molecule has 0 amide bonds. The number of hydrogen-bond acceptors (Lipinski definition) is 3. The van der Waals surface area contributed by atoms with Crippen LogP contribution in [0.4, 0.5) is 0 Å². The minimum Gasteiger partial charge on any atom is -0.373 e. The van der Waals surface area contributed by atoms with Crippen LogP contribution in [0.2, 0.25) is 0 Å². The highest BCUT2D eigenvalue weighted by Crippen LogP contribution is 2.21. The molecule has 2 heterocycles. The molecule has 0 unspecified atom stereocenters. The van der Waals surface area contributed by atoms with Gasteiger partial charge in [-0.15, -0.1) is 0 Å². The Morgan fingerprint density at radius 1 is 1.14 bits per heavy atom. The molecule has 1 atom stereocenters. The Morgan fingerprint density at radius 2 is 1.86 bits per heavy atom. The molecular weight excluding hydrogens is 340 g/mol. The number of likely N-dealkylation sites (tertiary alicyclic amines) is 2. The first-order chi connectivity index (χ1) is 10.7. The number of carbonyl (C=O) groups excluding carboxylic acids is 1. The van der Waals surface area contributed by atoms with Crippen molar-refractivity contribution in [3.8, 4) is 0 Å². The second kappa shape index (κ2) is 7.42.